The summed E-state index contributed by atoms with van der Waals surface area (Å²) in [5.74, 6) is 0. The monoisotopic (exact) mass is 254 g/mol. The van der Waals surface area contributed by atoms with E-state index in [1.807, 2.05) is 43.4 Å². The van der Waals surface area contributed by atoms with E-state index in [0.29, 0.717) is 0 Å². The molecule has 6 nitrogen and oxygen atoms in total. The third kappa shape index (κ3) is 2.02. The Kier molecular flexibility index (Phi) is 2.85. The van der Waals surface area contributed by atoms with Crippen molar-refractivity contribution in [2.45, 2.75) is 6.04 Å². The number of para-hydroxylation sites is 1. The molecule has 0 radical (unpaired) electrons. The molecule has 0 amide bonds. The van der Waals surface area contributed by atoms with Gasteiger partial charge in [-0.25, -0.2) is 4.68 Å². The molecule has 3 aromatic rings. The van der Waals surface area contributed by atoms with E-state index in [4.69, 9.17) is 5.73 Å². The van der Waals surface area contributed by atoms with Crippen molar-refractivity contribution in [3.05, 3.63) is 60.2 Å². The Hall–Kier alpha value is -2.47. The van der Waals surface area contributed by atoms with Gasteiger partial charge in [-0.1, -0.05) is 23.4 Å². The smallest absolute Gasteiger partial charge is 0.0914 e. The topological polar surface area (TPSA) is 74.6 Å². The summed E-state index contributed by atoms with van der Waals surface area (Å²) in [5.41, 5.74) is 8.96. The van der Waals surface area contributed by atoms with E-state index in [2.05, 4.69) is 15.4 Å². The fraction of sp³-hybridized carbons (Fsp3) is 0.154. The summed E-state index contributed by atoms with van der Waals surface area (Å²) in [7, 11) is 1.87. The van der Waals surface area contributed by atoms with Gasteiger partial charge < -0.3 is 5.73 Å². The number of aromatic nitrogens is 5. The van der Waals surface area contributed by atoms with Crippen LogP contribution in [-0.4, -0.2) is 24.8 Å². The van der Waals surface area contributed by atoms with Crippen LogP contribution in [0.25, 0.3) is 5.69 Å². The van der Waals surface area contributed by atoms with Crippen molar-refractivity contribution in [3.63, 3.8) is 0 Å². The minimum absolute atomic E-state index is 0.317. The number of rotatable bonds is 3. The molecule has 0 aliphatic rings. The highest BCUT2D eigenvalue weighted by molar-refractivity contribution is 5.33. The van der Waals surface area contributed by atoms with Crippen LogP contribution in [0.15, 0.2) is 48.8 Å². The van der Waals surface area contributed by atoms with Crippen molar-refractivity contribution < 1.29 is 0 Å². The fourth-order valence-electron chi connectivity index (χ4n) is 2.07. The molecule has 1 atom stereocenters. The van der Waals surface area contributed by atoms with Gasteiger partial charge in [0.25, 0.3) is 0 Å². The maximum Gasteiger partial charge on any atom is 0.0914 e. The van der Waals surface area contributed by atoms with Crippen LogP contribution in [0.2, 0.25) is 0 Å². The third-order valence-electron chi connectivity index (χ3n) is 3.07. The molecular formula is C13H14N6. The maximum absolute atomic E-state index is 6.28. The van der Waals surface area contributed by atoms with Gasteiger partial charge in [-0.15, -0.1) is 5.10 Å². The second-order valence-corrected chi connectivity index (χ2v) is 4.26. The normalized spacial score (nSPS) is 12.5. The van der Waals surface area contributed by atoms with E-state index in [1.165, 1.54) is 0 Å². The Morgan fingerprint density at radius 1 is 1.11 bits per heavy atom. The van der Waals surface area contributed by atoms with Crippen LogP contribution in [0.1, 0.15) is 17.4 Å². The molecule has 6 heteroatoms. The number of benzene rings is 1. The molecule has 0 bridgehead atoms. The first-order valence-corrected chi connectivity index (χ1v) is 5.97. The van der Waals surface area contributed by atoms with Crippen LogP contribution in [0, 0.1) is 0 Å². The SMILES string of the molecule is Cn1nccc1C(N)c1cnnn1-c1ccccc1. The summed E-state index contributed by atoms with van der Waals surface area (Å²) in [5, 5.41) is 12.2. The Morgan fingerprint density at radius 2 is 1.89 bits per heavy atom. The molecule has 2 heterocycles. The molecule has 0 saturated heterocycles. The molecule has 0 fully saturated rings. The molecule has 3 rings (SSSR count). The fourth-order valence-corrected chi connectivity index (χ4v) is 2.07. The number of hydrogen-bond acceptors (Lipinski definition) is 4. The Bertz CT molecular complexity index is 669. The summed E-state index contributed by atoms with van der Waals surface area (Å²) in [6, 6.07) is 11.4. The number of aryl methyl sites for hydroxylation is 1. The lowest BCUT2D eigenvalue weighted by atomic mass is 10.1. The van der Waals surface area contributed by atoms with Gasteiger partial charge in [0.2, 0.25) is 0 Å². The Balaban J connectivity index is 2.04. The summed E-state index contributed by atoms with van der Waals surface area (Å²) in [6.45, 7) is 0. The summed E-state index contributed by atoms with van der Waals surface area (Å²) in [6.07, 6.45) is 3.41. The van der Waals surface area contributed by atoms with Gasteiger partial charge in [-0.3, -0.25) is 4.68 Å². The highest BCUT2D eigenvalue weighted by Crippen LogP contribution is 2.20. The van der Waals surface area contributed by atoms with Crippen LogP contribution >= 0.6 is 0 Å². The average Bonchev–Trinajstić information content (AvgIpc) is 3.07. The summed E-state index contributed by atoms with van der Waals surface area (Å²) >= 11 is 0. The maximum atomic E-state index is 6.28. The van der Waals surface area contributed by atoms with Gasteiger partial charge in [-0.2, -0.15) is 5.10 Å². The summed E-state index contributed by atoms with van der Waals surface area (Å²) < 4.78 is 3.50. The van der Waals surface area contributed by atoms with E-state index >= 15 is 0 Å². The second-order valence-electron chi connectivity index (χ2n) is 4.26. The van der Waals surface area contributed by atoms with Gasteiger partial charge in [0.1, 0.15) is 0 Å². The minimum Gasteiger partial charge on any atom is -0.318 e. The second kappa shape index (κ2) is 4.66. The van der Waals surface area contributed by atoms with E-state index in [9.17, 15) is 0 Å². The van der Waals surface area contributed by atoms with E-state index in [0.717, 1.165) is 17.1 Å². The van der Waals surface area contributed by atoms with Crippen molar-refractivity contribution in [1.82, 2.24) is 24.8 Å². The largest absolute Gasteiger partial charge is 0.318 e. The lowest BCUT2D eigenvalue weighted by Crippen LogP contribution is -2.19. The average molecular weight is 254 g/mol. The van der Waals surface area contributed by atoms with Crippen LogP contribution in [0.4, 0.5) is 0 Å². The predicted molar refractivity (Wildman–Crippen MR) is 70.6 cm³/mol. The molecule has 1 unspecified atom stereocenters. The van der Waals surface area contributed by atoms with Gasteiger partial charge in [0.05, 0.1) is 29.3 Å². The molecule has 2 aromatic heterocycles. The highest BCUT2D eigenvalue weighted by Gasteiger charge is 2.18. The Morgan fingerprint density at radius 3 is 2.58 bits per heavy atom. The zero-order chi connectivity index (χ0) is 13.2. The molecule has 19 heavy (non-hydrogen) atoms. The van der Waals surface area contributed by atoms with E-state index < -0.39 is 0 Å². The van der Waals surface area contributed by atoms with Crippen molar-refractivity contribution in [2.24, 2.45) is 12.8 Å². The zero-order valence-electron chi connectivity index (χ0n) is 10.5. The van der Waals surface area contributed by atoms with E-state index in [1.54, 1.807) is 21.8 Å². The molecule has 2 N–H and O–H groups in total. The van der Waals surface area contributed by atoms with Gasteiger partial charge >= 0.3 is 0 Å². The zero-order valence-corrected chi connectivity index (χ0v) is 10.5. The lowest BCUT2D eigenvalue weighted by Gasteiger charge is -2.13. The van der Waals surface area contributed by atoms with Crippen molar-refractivity contribution in [1.29, 1.82) is 0 Å². The van der Waals surface area contributed by atoms with Crippen molar-refractivity contribution in [2.75, 3.05) is 0 Å². The van der Waals surface area contributed by atoms with Gasteiger partial charge in [-0.05, 0) is 18.2 Å². The number of nitrogens with two attached hydrogens (primary N) is 1. The Labute approximate surface area is 110 Å². The molecule has 0 aliphatic carbocycles. The predicted octanol–water partition coefficient (Wildman–Crippen LogP) is 1.05. The highest BCUT2D eigenvalue weighted by atomic mass is 15.4. The molecule has 0 aliphatic heterocycles. The van der Waals surface area contributed by atoms with Crippen LogP contribution in [0.5, 0.6) is 0 Å². The van der Waals surface area contributed by atoms with E-state index in [-0.39, 0.29) is 6.04 Å². The van der Waals surface area contributed by atoms with Crippen LogP contribution in [-0.2, 0) is 7.05 Å². The van der Waals surface area contributed by atoms with Crippen molar-refractivity contribution in [3.8, 4) is 5.69 Å². The molecule has 0 spiro atoms. The van der Waals surface area contributed by atoms with Gasteiger partial charge in [0, 0.05) is 13.2 Å². The molecule has 0 saturated carbocycles. The summed E-state index contributed by atoms with van der Waals surface area (Å²) in [4.78, 5) is 0. The third-order valence-corrected chi connectivity index (χ3v) is 3.07. The number of nitrogens with zero attached hydrogens (tertiary/aromatic N) is 5. The van der Waals surface area contributed by atoms with Crippen LogP contribution < -0.4 is 5.73 Å². The van der Waals surface area contributed by atoms with Gasteiger partial charge in [0.15, 0.2) is 0 Å². The van der Waals surface area contributed by atoms with Crippen LogP contribution in [0.3, 0.4) is 0 Å². The first kappa shape index (κ1) is 11.6. The standard InChI is InChI=1S/C13H14N6/c1-18-11(7-8-16-18)13(14)12-9-15-17-19(12)10-5-3-2-4-6-10/h2-9,13H,14H2,1H3. The molecule has 1 aromatic carbocycles. The minimum atomic E-state index is -0.317. The quantitative estimate of drug-likeness (QED) is 0.758. The number of hydrogen-bond donors (Lipinski definition) is 1. The lowest BCUT2D eigenvalue weighted by molar-refractivity contribution is 0.642. The molecular weight excluding hydrogens is 240 g/mol. The first-order valence-electron chi connectivity index (χ1n) is 5.97. The first-order chi connectivity index (χ1) is 9.27. The van der Waals surface area contributed by atoms with Crippen molar-refractivity contribution >= 4 is 0 Å². The molecule has 96 valence electrons.